The van der Waals surface area contributed by atoms with E-state index in [0.717, 1.165) is 23.0 Å². The van der Waals surface area contributed by atoms with Gasteiger partial charge < -0.3 is 0 Å². The Balaban J connectivity index is 2.49. The minimum atomic E-state index is 0.816. The fraction of sp³-hybridized carbons (Fsp3) is 0.273. The molecule has 0 aliphatic rings. The number of nitrogens with one attached hydrogen (secondary N) is 1. The molecule has 0 aliphatic heterocycles. The van der Waals surface area contributed by atoms with Crippen molar-refractivity contribution in [1.82, 2.24) is 15.2 Å². The summed E-state index contributed by atoms with van der Waals surface area (Å²) in [5.41, 5.74) is 4.47. The van der Waals surface area contributed by atoms with Crippen LogP contribution < -0.4 is 0 Å². The first-order valence-corrected chi connectivity index (χ1v) is 6.01. The fourth-order valence-electron chi connectivity index (χ4n) is 1.58. The molecular weight excluding hydrogens is 254 g/mol. The average Bonchev–Trinajstić information content (AvgIpc) is 2.72. The molecule has 0 saturated heterocycles. The highest BCUT2D eigenvalue weighted by Crippen LogP contribution is 2.25. The van der Waals surface area contributed by atoms with Gasteiger partial charge in [-0.05, 0) is 18.6 Å². The molecule has 0 saturated carbocycles. The third-order valence-corrected chi connectivity index (χ3v) is 2.94. The van der Waals surface area contributed by atoms with Gasteiger partial charge >= 0.3 is 0 Å². The molecule has 0 aliphatic carbocycles. The topological polar surface area (TPSA) is 41.6 Å². The number of nitrogens with zero attached hydrogens (tertiary/aromatic N) is 2. The minimum Gasteiger partial charge on any atom is -0.282 e. The van der Waals surface area contributed by atoms with Crippen molar-refractivity contribution < 1.29 is 0 Å². The van der Waals surface area contributed by atoms with Gasteiger partial charge in [0.05, 0.1) is 5.69 Å². The van der Waals surface area contributed by atoms with Gasteiger partial charge in [-0.3, -0.25) is 10.1 Å². The van der Waals surface area contributed by atoms with Crippen molar-refractivity contribution in [1.29, 1.82) is 0 Å². The number of aromatic nitrogens is 3. The summed E-state index contributed by atoms with van der Waals surface area (Å²) in [4.78, 5) is 4.10. The lowest BCUT2D eigenvalue weighted by atomic mass is 10.1. The van der Waals surface area contributed by atoms with E-state index in [2.05, 4.69) is 38.0 Å². The van der Waals surface area contributed by atoms with Crippen molar-refractivity contribution in [2.45, 2.75) is 18.7 Å². The number of aromatic amines is 1. The number of hydrogen-bond donors (Lipinski definition) is 1. The lowest BCUT2D eigenvalue weighted by Crippen LogP contribution is -1.87. The van der Waals surface area contributed by atoms with Gasteiger partial charge in [-0.2, -0.15) is 5.10 Å². The monoisotopic (exact) mass is 265 g/mol. The Morgan fingerprint density at radius 1 is 1.47 bits per heavy atom. The molecule has 0 spiro atoms. The summed E-state index contributed by atoms with van der Waals surface area (Å²) in [5.74, 6) is 0. The number of aryl methyl sites for hydroxylation is 1. The van der Waals surface area contributed by atoms with Crippen LogP contribution in [0.15, 0.2) is 24.5 Å². The van der Waals surface area contributed by atoms with Gasteiger partial charge in [0.1, 0.15) is 0 Å². The molecule has 2 aromatic heterocycles. The molecule has 2 heterocycles. The van der Waals surface area contributed by atoms with Gasteiger partial charge in [0.2, 0.25) is 0 Å². The van der Waals surface area contributed by atoms with Crippen LogP contribution in [0.5, 0.6) is 0 Å². The number of alkyl halides is 1. The normalized spacial score (nSPS) is 10.5. The van der Waals surface area contributed by atoms with Crippen molar-refractivity contribution in [3.8, 4) is 11.3 Å². The van der Waals surface area contributed by atoms with E-state index in [4.69, 9.17) is 0 Å². The molecule has 0 aromatic carbocycles. The first kappa shape index (κ1) is 10.4. The average molecular weight is 266 g/mol. The van der Waals surface area contributed by atoms with E-state index in [1.165, 1.54) is 11.3 Å². The summed E-state index contributed by atoms with van der Waals surface area (Å²) in [5, 5.41) is 8.22. The number of pyridine rings is 1. The lowest BCUT2D eigenvalue weighted by molar-refractivity contribution is 0.969. The van der Waals surface area contributed by atoms with Gasteiger partial charge in [0, 0.05) is 34.5 Å². The van der Waals surface area contributed by atoms with Crippen LogP contribution in [0.2, 0.25) is 0 Å². The fourth-order valence-corrected chi connectivity index (χ4v) is 2.18. The summed E-state index contributed by atoms with van der Waals surface area (Å²) in [6.45, 7) is 2.12. The van der Waals surface area contributed by atoms with Crippen LogP contribution in [0.3, 0.4) is 0 Å². The number of rotatable bonds is 3. The first-order valence-electron chi connectivity index (χ1n) is 4.89. The largest absolute Gasteiger partial charge is 0.282 e. The van der Waals surface area contributed by atoms with Crippen LogP contribution in [0.1, 0.15) is 18.2 Å². The SMILES string of the molecule is CCc1[nH]nc(-c2cccnc2)c1CBr. The maximum Gasteiger partial charge on any atom is 0.0979 e. The molecule has 78 valence electrons. The van der Waals surface area contributed by atoms with Crippen molar-refractivity contribution in [2.75, 3.05) is 0 Å². The van der Waals surface area contributed by atoms with E-state index < -0.39 is 0 Å². The van der Waals surface area contributed by atoms with Crippen LogP contribution >= 0.6 is 15.9 Å². The zero-order valence-corrected chi connectivity index (χ0v) is 10.1. The van der Waals surface area contributed by atoms with Gasteiger partial charge in [-0.1, -0.05) is 22.9 Å². The molecule has 4 heteroatoms. The van der Waals surface area contributed by atoms with Crippen LogP contribution in [-0.4, -0.2) is 15.2 Å². The highest BCUT2D eigenvalue weighted by molar-refractivity contribution is 9.08. The van der Waals surface area contributed by atoms with Gasteiger partial charge in [-0.15, -0.1) is 0 Å². The Labute approximate surface area is 97.1 Å². The first-order chi connectivity index (χ1) is 7.36. The van der Waals surface area contributed by atoms with Gasteiger partial charge in [0.15, 0.2) is 0 Å². The second-order valence-electron chi connectivity index (χ2n) is 3.26. The molecule has 0 amide bonds. The van der Waals surface area contributed by atoms with E-state index in [-0.39, 0.29) is 0 Å². The van der Waals surface area contributed by atoms with E-state index in [0.29, 0.717) is 0 Å². The maximum absolute atomic E-state index is 4.33. The molecular formula is C11H12BrN3. The van der Waals surface area contributed by atoms with E-state index in [1.807, 2.05) is 18.3 Å². The smallest absolute Gasteiger partial charge is 0.0979 e. The second-order valence-corrected chi connectivity index (χ2v) is 3.82. The summed E-state index contributed by atoms with van der Waals surface area (Å²) in [6.07, 6.45) is 4.57. The zero-order chi connectivity index (χ0) is 10.7. The van der Waals surface area contributed by atoms with E-state index in [9.17, 15) is 0 Å². The Hall–Kier alpha value is -1.16. The standard InChI is InChI=1S/C11H12BrN3/c1-2-10-9(6-12)11(15-14-10)8-4-3-5-13-7-8/h3-5,7H,2,6H2,1H3,(H,14,15). The van der Waals surface area contributed by atoms with Crippen LogP contribution in [0.25, 0.3) is 11.3 Å². The van der Waals surface area contributed by atoms with Crippen molar-refractivity contribution in [3.63, 3.8) is 0 Å². The Kier molecular flexibility index (Phi) is 3.16. The number of H-pyrrole nitrogens is 1. The van der Waals surface area contributed by atoms with Crippen LogP contribution in [0.4, 0.5) is 0 Å². The highest BCUT2D eigenvalue weighted by Gasteiger charge is 2.12. The van der Waals surface area contributed by atoms with Crippen LogP contribution in [0, 0.1) is 0 Å². The Bertz CT molecular complexity index is 436. The van der Waals surface area contributed by atoms with Crippen molar-refractivity contribution in [2.24, 2.45) is 0 Å². The Morgan fingerprint density at radius 2 is 2.33 bits per heavy atom. The predicted octanol–water partition coefficient (Wildman–Crippen LogP) is 2.93. The predicted molar refractivity (Wildman–Crippen MR) is 63.8 cm³/mol. The maximum atomic E-state index is 4.33. The summed E-state index contributed by atoms with van der Waals surface area (Å²) < 4.78 is 0. The molecule has 1 N–H and O–H groups in total. The Morgan fingerprint density at radius 3 is 2.93 bits per heavy atom. The number of hydrogen-bond acceptors (Lipinski definition) is 2. The second kappa shape index (κ2) is 4.57. The molecule has 0 atom stereocenters. The summed E-state index contributed by atoms with van der Waals surface area (Å²) in [6, 6.07) is 3.95. The van der Waals surface area contributed by atoms with E-state index in [1.54, 1.807) is 6.20 Å². The summed E-state index contributed by atoms with van der Waals surface area (Å²) in [7, 11) is 0. The van der Waals surface area contributed by atoms with E-state index >= 15 is 0 Å². The zero-order valence-electron chi connectivity index (χ0n) is 8.50. The third kappa shape index (κ3) is 1.95. The molecule has 2 rings (SSSR count). The van der Waals surface area contributed by atoms with Gasteiger partial charge in [-0.25, -0.2) is 0 Å². The minimum absolute atomic E-state index is 0.816. The van der Waals surface area contributed by atoms with Crippen molar-refractivity contribution in [3.05, 3.63) is 35.8 Å². The summed E-state index contributed by atoms with van der Waals surface area (Å²) >= 11 is 3.50. The molecule has 0 unspecified atom stereocenters. The van der Waals surface area contributed by atoms with Crippen molar-refractivity contribution >= 4 is 15.9 Å². The quantitative estimate of drug-likeness (QED) is 0.868. The van der Waals surface area contributed by atoms with Crippen LogP contribution in [-0.2, 0) is 11.8 Å². The lowest BCUT2D eigenvalue weighted by Gasteiger charge is -2.00. The molecule has 0 radical (unpaired) electrons. The molecule has 15 heavy (non-hydrogen) atoms. The molecule has 2 aromatic rings. The molecule has 3 nitrogen and oxygen atoms in total. The highest BCUT2D eigenvalue weighted by atomic mass is 79.9. The third-order valence-electron chi connectivity index (χ3n) is 2.37. The molecule has 0 bridgehead atoms. The number of halogens is 1. The molecule has 0 fully saturated rings. The van der Waals surface area contributed by atoms with Gasteiger partial charge in [0.25, 0.3) is 0 Å².